The molecular weight excluding hydrogens is 174 g/mol. The van der Waals surface area contributed by atoms with E-state index >= 15 is 0 Å². The standard InChI is InChI=1S/C12H25NO/c1-10(2)5-4-7-13-9-12-6-8-14-11(12)3/h10-13H,4-9H2,1-3H3. The van der Waals surface area contributed by atoms with Gasteiger partial charge in [-0.3, -0.25) is 0 Å². The Labute approximate surface area is 88.4 Å². The van der Waals surface area contributed by atoms with E-state index in [1.165, 1.54) is 25.8 Å². The van der Waals surface area contributed by atoms with E-state index in [4.69, 9.17) is 4.74 Å². The van der Waals surface area contributed by atoms with Crippen LogP contribution in [-0.2, 0) is 4.74 Å². The molecule has 1 rings (SSSR count). The summed E-state index contributed by atoms with van der Waals surface area (Å²) in [7, 11) is 0. The molecule has 0 radical (unpaired) electrons. The fourth-order valence-electron chi connectivity index (χ4n) is 1.97. The van der Waals surface area contributed by atoms with Crippen molar-refractivity contribution in [3.8, 4) is 0 Å². The Morgan fingerprint density at radius 2 is 2.21 bits per heavy atom. The van der Waals surface area contributed by atoms with Crippen LogP contribution in [0.4, 0.5) is 0 Å². The minimum Gasteiger partial charge on any atom is -0.378 e. The summed E-state index contributed by atoms with van der Waals surface area (Å²) in [6, 6.07) is 0. The molecule has 0 aromatic carbocycles. The second kappa shape index (κ2) is 6.41. The third-order valence-corrected chi connectivity index (χ3v) is 3.07. The SMILES string of the molecule is CC(C)CCCNCC1CCOC1C. The molecule has 84 valence electrons. The molecule has 0 saturated carbocycles. The summed E-state index contributed by atoms with van der Waals surface area (Å²) in [5, 5.41) is 3.53. The van der Waals surface area contributed by atoms with Crippen molar-refractivity contribution in [1.29, 1.82) is 0 Å². The van der Waals surface area contributed by atoms with Gasteiger partial charge in [0.15, 0.2) is 0 Å². The topological polar surface area (TPSA) is 21.3 Å². The van der Waals surface area contributed by atoms with Crippen LogP contribution in [0.15, 0.2) is 0 Å². The Bertz CT molecular complexity index is 147. The zero-order valence-electron chi connectivity index (χ0n) is 9.88. The Morgan fingerprint density at radius 3 is 2.79 bits per heavy atom. The van der Waals surface area contributed by atoms with E-state index in [0.717, 1.165) is 25.0 Å². The molecule has 0 spiro atoms. The molecular formula is C12H25NO. The molecule has 2 heteroatoms. The maximum Gasteiger partial charge on any atom is 0.0588 e. The van der Waals surface area contributed by atoms with Gasteiger partial charge in [-0.15, -0.1) is 0 Å². The molecule has 1 aliphatic heterocycles. The van der Waals surface area contributed by atoms with Crippen LogP contribution >= 0.6 is 0 Å². The predicted molar refractivity (Wildman–Crippen MR) is 60.5 cm³/mol. The van der Waals surface area contributed by atoms with Crippen molar-refractivity contribution in [2.75, 3.05) is 19.7 Å². The van der Waals surface area contributed by atoms with Crippen LogP contribution in [0.25, 0.3) is 0 Å². The van der Waals surface area contributed by atoms with Gasteiger partial charge in [0.1, 0.15) is 0 Å². The first kappa shape index (κ1) is 12.0. The minimum atomic E-state index is 0.465. The summed E-state index contributed by atoms with van der Waals surface area (Å²) in [6.07, 6.45) is 4.34. The molecule has 0 aromatic heterocycles. The van der Waals surface area contributed by atoms with Gasteiger partial charge in [-0.25, -0.2) is 0 Å². The number of rotatable bonds is 6. The van der Waals surface area contributed by atoms with Crippen LogP contribution in [0, 0.1) is 11.8 Å². The number of hydrogen-bond acceptors (Lipinski definition) is 2. The molecule has 0 aliphatic carbocycles. The van der Waals surface area contributed by atoms with Crippen molar-refractivity contribution in [3.63, 3.8) is 0 Å². The Balaban J connectivity index is 1.93. The van der Waals surface area contributed by atoms with E-state index in [1.54, 1.807) is 0 Å². The van der Waals surface area contributed by atoms with Crippen molar-refractivity contribution >= 4 is 0 Å². The van der Waals surface area contributed by atoms with Crippen molar-refractivity contribution in [3.05, 3.63) is 0 Å². The van der Waals surface area contributed by atoms with Gasteiger partial charge in [0.25, 0.3) is 0 Å². The maximum atomic E-state index is 5.52. The maximum absolute atomic E-state index is 5.52. The van der Waals surface area contributed by atoms with Crippen molar-refractivity contribution < 1.29 is 4.74 Å². The summed E-state index contributed by atoms with van der Waals surface area (Å²) in [4.78, 5) is 0. The van der Waals surface area contributed by atoms with Crippen LogP contribution in [0.5, 0.6) is 0 Å². The summed E-state index contributed by atoms with van der Waals surface area (Å²) in [6.45, 7) is 10.0. The molecule has 2 nitrogen and oxygen atoms in total. The Hall–Kier alpha value is -0.0800. The van der Waals surface area contributed by atoms with E-state index < -0.39 is 0 Å². The number of hydrogen-bond donors (Lipinski definition) is 1. The van der Waals surface area contributed by atoms with Crippen molar-refractivity contribution in [1.82, 2.24) is 5.32 Å². The van der Waals surface area contributed by atoms with Crippen LogP contribution in [0.3, 0.4) is 0 Å². The van der Waals surface area contributed by atoms with Gasteiger partial charge in [-0.2, -0.15) is 0 Å². The lowest BCUT2D eigenvalue weighted by molar-refractivity contribution is 0.105. The third kappa shape index (κ3) is 4.43. The molecule has 1 N–H and O–H groups in total. The van der Waals surface area contributed by atoms with Crippen molar-refractivity contribution in [2.24, 2.45) is 11.8 Å². The molecule has 0 amide bonds. The first-order valence-corrected chi connectivity index (χ1v) is 6.02. The normalized spacial score (nSPS) is 27.4. The van der Waals surface area contributed by atoms with Crippen molar-refractivity contribution in [2.45, 2.75) is 46.1 Å². The van der Waals surface area contributed by atoms with E-state index in [1.807, 2.05) is 0 Å². The second-order valence-corrected chi connectivity index (χ2v) is 4.86. The zero-order chi connectivity index (χ0) is 10.4. The highest BCUT2D eigenvalue weighted by molar-refractivity contribution is 4.74. The lowest BCUT2D eigenvalue weighted by Gasteiger charge is -2.14. The summed E-state index contributed by atoms with van der Waals surface area (Å²) < 4.78 is 5.52. The quantitative estimate of drug-likeness (QED) is 0.663. The molecule has 1 fully saturated rings. The zero-order valence-corrected chi connectivity index (χ0v) is 9.88. The number of nitrogens with one attached hydrogen (secondary N) is 1. The van der Waals surface area contributed by atoms with E-state index in [0.29, 0.717) is 6.10 Å². The fraction of sp³-hybridized carbons (Fsp3) is 1.00. The van der Waals surface area contributed by atoms with Crippen LogP contribution in [0.2, 0.25) is 0 Å². The van der Waals surface area contributed by atoms with Gasteiger partial charge >= 0.3 is 0 Å². The van der Waals surface area contributed by atoms with Gasteiger partial charge in [-0.05, 0) is 44.6 Å². The van der Waals surface area contributed by atoms with E-state index in [-0.39, 0.29) is 0 Å². The van der Waals surface area contributed by atoms with E-state index in [9.17, 15) is 0 Å². The third-order valence-electron chi connectivity index (χ3n) is 3.07. The second-order valence-electron chi connectivity index (χ2n) is 4.86. The molecule has 0 aromatic rings. The van der Waals surface area contributed by atoms with Crippen LogP contribution < -0.4 is 5.32 Å². The largest absolute Gasteiger partial charge is 0.378 e. The Kier molecular flexibility index (Phi) is 5.49. The van der Waals surface area contributed by atoms with Crippen LogP contribution in [-0.4, -0.2) is 25.8 Å². The first-order valence-electron chi connectivity index (χ1n) is 6.02. The van der Waals surface area contributed by atoms with Crippen LogP contribution in [0.1, 0.15) is 40.0 Å². The fourth-order valence-corrected chi connectivity index (χ4v) is 1.97. The molecule has 2 atom stereocenters. The summed E-state index contributed by atoms with van der Waals surface area (Å²) in [5.41, 5.74) is 0. The average molecular weight is 199 g/mol. The molecule has 1 aliphatic rings. The molecule has 0 bridgehead atoms. The minimum absolute atomic E-state index is 0.465. The molecule has 1 saturated heterocycles. The van der Waals surface area contributed by atoms with Gasteiger partial charge < -0.3 is 10.1 Å². The highest BCUT2D eigenvalue weighted by Gasteiger charge is 2.23. The first-order chi connectivity index (χ1) is 6.70. The van der Waals surface area contributed by atoms with Gasteiger partial charge in [-0.1, -0.05) is 13.8 Å². The molecule has 2 unspecified atom stereocenters. The van der Waals surface area contributed by atoms with Gasteiger partial charge in [0.2, 0.25) is 0 Å². The van der Waals surface area contributed by atoms with E-state index in [2.05, 4.69) is 26.1 Å². The van der Waals surface area contributed by atoms with Gasteiger partial charge in [0.05, 0.1) is 6.10 Å². The lowest BCUT2D eigenvalue weighted by atomic mass is 10.0. The summed E-state index contributed by atoms with van der Waals surface area (Å²) in [5.74, 6) is 1.58. The number of ether oxygens (including phenoxy) is 1. The predicted octanol–water partition coefficient (Wildman–Crippen LogP) is 2.44. The monoisotopic (exact) mass is 199 g/mol. The highest BCUT2D eigenvalue weighted by Crippen LogP contribution is 2.19. The van der Waals surface area contributed by atoms with Gasteiger partial charge in [0, 0.05) is 13.2 Å². The average Bonchev–Trinajstić information content (AvgIpc) is 2.51. The smallest absolute Gasteiger partial charge is 0.0588 e. The summed E-state index contributed by atoms with van der Waals surface area (Å²) >= 11 is 0. The highest BCUT2D eigenvalue weighted by atomic mass is 16.5. The molecule has 14 heavy (non-hydrogen) atoms. The Morgan fingerprint density at radius 1 is 1.43 bits per heavy atom. The molecule has 1 heterocycles. The lowest BCUT2D eigenvalue weighted by Crippen LogP contribution is -2.27.